The summed E-state index contributed by atoms with van der Waals surface area (Å²) in [5, 5.41) is 40.1. The molecule has 2 amide bonds. The third kappa shape index (κ3) is 22.8. The number of Topliss-reactive ketones (excluding diaryl/α,β-unsaturated/α-hetero) is 1. The summed E-state index contributed by atoms with van der Waals surface area (Å²) in [5.41, 5.74) is 27.7. The monoisotopic (exact) mass is 2060 g/mol. The summed E-state index contributed by atoms with van der Waals surface area (Å²) in [6.07, 6.45) is 9.29. The molecular weight excluding hydrogens is 1950 g/mol. The van der Waals surface area contributed by atoms with E-state index in [2.05, 4.69) is 125 Å². The minimum Gasteiger partial charge on any atom is -0.495 e. The van der Waals surface area contributed by atoms with Gasteiger partial charge in [0, 0.05) is 127 Å². The van der Waals surface area contributed by atoms with Gasteiger partial charge in [-0.15, -0.1) is 32.9 Å². The summed E-state index contributed by atoms with van der Waals surface area (Å²) < 4.78 is 46.1. The number of methoxy groups -OCH3 is 1. The first kappa shape index (κ1) is 104. The van der Waals surface area contributed by atoms with Crippen molar-refractivity contribution in [2.75, 3.05) is 17.7 Å². The smallest absolute Gasteiger partial charge is 0.347 e. The van der Waals surface area contributed by atoms with Crippen LogP contribution >= 0.6 is 69.1 Å². The number of ketones is 1. The van der Waals surface area contributed by atoms with Crippen LogP contribution in [0.4, 0.5) is 20.2 Å². The van der Waals surface area contributed by atoms with E-state index in [1.807, 2.05) is 189 Å². The number of anilines is 2. The average Bonchev–Trinajstić information content (AvgIpc) is 1.56. The number of nitrogens with two attached hydrogens (primary N) is 2. The van der Waals surface area contributed by atoms with E-state index in [9.17, 15) is 29.2 Å². The maximum atomic E-state index is 15.8. The first-order valence-electron chi connectivity index (χ1n) is 47.7. The lowest BCUT2D eigenvalue weighted by molar-refractivity contribution is -0.155. The van der Waals surface area contributed by atoms with E-state index in [0.717, 1.165) is 147 Å². The van der Waals surface area contributed by atoms with Crippen molar-refractivity contribution in [2.45, 2.75) is 176 Å². The van der Waals surface area contributed by atoms with E-state index in [0.29, 0.717) is 40.6 Å². The van der Waals surface area contributed by atoms with Crippen LogP contribution in [0.5, 0.6) is 5.75 Å². The number of rotatable bonds is 20. The number of aromatic nitrogens is 11. The van der Waals surface area contributed by atoms with E-state index in [-0.39, 0.29) is 80.0 Å². The van der Waals surface area contributed by atoms with Gasteiger partial charge in [0.2, 0.25) is 11.8 Å². The average molecular weight is 2060 g/mol. The predicted octanol–water partition coefficient (Wildman–Crippen LogP) is 26.2. The van der Waals surface area contributed by atoms with Crippen LogP contribution in [-0.4, -0.2) is 102 Å². The highest BCUT2D eigenvalue weighted by atomic mass is 35.5. The second-order valence-electron chi connectivity index (χ2n) is 39.1. The van der Waals surface area contributed by atoms with Gasteiger partial charge in [0.25, 0.3) is 0 Å². The quantitative estimate of drug-likeness (QED) is 0.0275. The number of hydrogen-bond donors (Lipinski definition) is 7. The molecule has 3 aliphatic rings. The summed E-state index contributed by atoms with van der Waals surface area (Å²) in [6, 6.07) is 66.1. The summed E-state index contributed by atoms with van der Waals surface area (Å²) in [7, 11) is 1.42. The zero-order valence-corrected chi connectivity index (χ0v) is 87.3. The highest BCUT2D eigenvalue weighted by molar-refractivity contribution is 7.15. The lowest BCUT2D eigenvalue weighted by Gasteiger charge is -2.38. The standard InChI is InChI=1S/C33H32Cl2F2N2O3.C25H21N5O.C23H25ClN4O2S.C22H25N5O.C10H8ClNS/c1-18(40)19-6-11-28(29(12-19)42-5)39-31(41)24-13-20(16-32(2,3)4)33(17-38,25-10-8-22(35)15-27(25)37)30(24)23-9-7-21(34)14-26(23)36;26-25(12-4-13-25)18-9-7-17(8-10-18)22-19(16-5-2-1-3-6-16)15-20-21(27-22)11-14-30-23(20)28-29-24(30)31;1-12-13(2)31-22-19(12)20(15-7-9-16(24)10-8-15)25-17(11-18(29)30-23(4,5)6)21-27-26-14(3)28(21)22;1-3-13(2)21(23)22(28)25-15-8-9-18-19(11-15)27-20(26-18)10-14-12-24-17-7-5-4-6-16(14)17;1-7-12-10(6-13-7)8-4-2-3-5-9(8)11/h6-12,14-15,20,24,30H,13,16H2,1-5H3,(H,39,41);1-3,5-11,14-15H,4,12-13,26H2,(H,29,31);7-10,17H,11H2,1-6H3;4-9,11-13,21,24H,3,10,23H2,1-2H3,(H,25,28)(H,26,27);2-6H,1H3/t20-,24+,30-,33+;;17-;13-,21-;/m0.00./s1. The molecular formula is C113H111Cl4F2N17O7S2. The number of aliphatic imine (C=N–C) groups is 1. The van der Waals surface area contributed by atoms with Crippen LogP contribution in [0.3, 0.4) is 0 Å². The second-order valence-corrected chi connectivity index (χ2v) is 43.1. The zero-order chi connectivity index (χ0) is 103. The number of imidazole rings is 1. The van der Waals surface area contributed by atoms with E-state index in [4.69, 9.17) is 77.3 Å². The molecule has 0 saturated heterocycles. The van der Waals surface area contributed by atoms with Gasteiger partial charge < -0.3 is 41.5 Å². The molecule has 9 aromatic carbocycles. The van der Waals surface area contributed by atoms with Gasteiger partial charge >= 0.3 is 11.7 Å². The number of thiazole rings is 1. The number of ether oxygens (including phenoxy) is 2. The lowest BCUT2D eigenvalue weighted by atomic mass is 9.62. The number of esters is 1. The Labute approximate surface area is 866 Å². The van der Waals surface area contributed by atoms with Crippen LogP contribution in [0.2, 0.25) is 20.1 Å². The predicted molar refractivity (Wildman–Crippen MR) is 576 cm³/mol. The normalized spacial score (nSPS) is 16.5. The number of thiophene rings is 1. The molecule has 0 unspecified atom stereocenters. The molecule has 1 aliphatic heterocycles. The molecule has 7 atom stereocenters. The van der Waals surface area contributed by atoms with E-state index in [1.165, 1.54) is 76.6 Å². The number of H-pyrrole nitrogens is 3. The third-order valence-electron chi connectivity index (χ3n) is 26.7. The number of carbonyl (C=O) groups is 4. The van der Waals surface area contributed by atoms with E-state index in [1.54, 1.807) is 41.0 Å². The van der Waals surface area contributed by atoms with Crippen molar-refractivity contribution in [3.63, 3.8) is 0 Å². The van der Waals surface area contributed by atoms with Gasteiger partial charge in [-0.2, -0.15) is 10.4 Å². The minimum absolute atomic E-state index is 0.0571. The van der Waals surface area contributed by atoms with E-state index >= 15 is 8.78 Å². The Morgan fingerprint density at radius 2 is 1.43 bits per heavy atom. The zero-order valence-electron chi connectivity index (χ0n) is 82.6. The molecule has 0 bridgehead atoms. The van der Waals surface area contributed by atoms with Gasteiger partial charge in [-0.3, -0.25) is 28.7 Å². The molecule has 20 rings (SSSR count). The largest absolute Gasteiger partial charge is 0.495 e. The molecule has 17 aromatic rings. The van der Waals surface area contributed by atoms with Crippen molar-refractivity contribution in [2.24, 2.45) is 39.6 Å². The molecule has 0 radical (unpaired) electrons. The molecule has 24 nitrogen and oxygen atoms in total. The topological polar surface area (TPSA) is 350 Å². The number of amides is 2. The number of pyridine rings is 2. The van der Waals surface area contributed by atoms with Crippen LogP contribution in [0.15, 0.2) is 240 Å². The fourth-order valence-corrected chi connectivity index (χ4v) is 21.6. The van der Waals surface area contributed by atoms with Crippen LogP contribution in [0, 0.1) is 73.8 Å². The lowest BCUT2D eigenvalue weighted by Crippen LogP contribution is -2.43. The van der Waals surface area contributed by atoms with Crippen LogP contribution < -0.4 is 32.5 Å². The molecule has 2 saturated carbocycles. The number of fused-ring (bicyclic) bond motifs is 8. The first-order valence-corrected chi connectivity index (χ1v) is 50.9. The summed E-state index contributed by atoms with van der Waals surface area (Å²) in [4.78, 5) is 90.1. The number of benzene rings is 9. The summed E-state index contributed by atoms with van der Waals surface area (Å²) in [6.45, 7) is 25.1. The number of aromatic amines is 3. The Morgan fingerprint density at radius 3 is 2.09 bits per heavy atom. The fraction of sp³-hybridized carbons (Fsp3) is 0.283. The van der Waals surface area contributed by atoms with E-state index < -0.39 is 58.4 Å². The molecule has 2 aliphatic carbocycles. The van der Waals surface area contributed by atoms with Crippen LogP contribution in [-0.2, 0) is 36.5 Å². The Hall–Kier alpha value is -13.7. The molecule has 32 heteroatoms. The van der Waals surface area contributed by atoms with Gasteiger partial charge in [0.1, 0.15) is 45.7 Å². The van der Waals surface area contributed by atoms with Crippen LogP contribution in [0.1, 0.15) is 196 Å². The Balaban J connectivity index is 0.000000134. The van der Waals surface area contributed by atoms with Gasteiger partial charge in [-0.1, -0.05) is 203 Å². The summed E-state index contributed by atoms with van der Waals surface area (Å²) >= 11 is 27.7. The van der Waals surface area contributed by atoms with Crippen molar-refractivity contribution in [1.29, 1.82) is 5.26 Å². The SMILES string of the molecule is CC[C@H](C)[C@H](N)C(=O)Nc1ccc2nc(Cc3c[nH]c4ccccc34)[nH]c2c1.COc1cc(C(C)=O)ccc1NC(=O)[C@@H]1C[C@@H](CC(C)(C)C)[C@](C#N)(c2ccc(Cl)cc2F)[C@H]1c1ccc(Cl)cc1F.Cc1nc(-c2ccccc2Cl)cs1.Cc1sc2c(c1C)C(c1ccc(Cl)cc1)=N[C@@H](CC(=O)OC(C)(C)C)c1nnc(C)n1-2.NC1(c2ccc(-c3nc4ccn5c(=O)[nH]nc5c4cc3-c3ccccc3)cc2)CCC1. The van der Waals surface area contributed by atoms with Gasteiger partial charge in [0.05, 0.1) is 75.4 Å². The Kier molecular flexibility index (Phi) is 31.4. The Morgan fingerprint density at radius 1 is 0.731 bits per heavy atom. The highest BCUT2D eigenvalue weighted by Crippen LogP contribution is 2.61. The Bertz CT molecular complexity index is 7860. The van der Waals surface area contributed by atoms with Crippen molar-refractivity contribution in [3.05, 3.63) is 344 Å². The number of nitriles is 1. The molecule has 145 heavy (non-hydrogen) atoms. The van der Waals surface area contributed by atoms with Gasteiger partial charge in [-0.25, -0.2) is 38.0 Å². The number of aryl methyl sites for hydroxylation is 3. The molecule has 8 aromatic heterocycles. The molecule has 2 fully saturated rings. The molecule has 9 heterocycles. The third-order valence-corrected chi connectivity index (χ3v) is 29.8. The number of nitrogens with one attached hydrogen (secondary N) is 5. The highest BCUT2D eigenvalue weighted by Gasteiger charge is 2.61. The van der Waals surface area contributed by atoms with Crippen molar-refractivity contribution >= 4 is 148 Å². The number of nitrogens with zero attached hydrogens (tertiary/aromatic N) is 10. The van der Waals surface area contributed by atoms with Gasteiger partial charge in [0.15, 0.2) is 17.3 Å². The molecule has 0 spiro atoms. The maximum Gasteiger partial charge on any atom is 0.347 e. The number of hydrogen-bond acceptors (Lipinski definition) is 19. The molecule has 744 valence electrons. The number of carbonyl (C=O) groups excluding carboxylic acids is 4. The van der Waals surface area contributed by atoms with Crippen molar-refractivity contribution < 1.29 is 37.4 Å². The fourth-order valence-electron chi connectivity index (χ4n) is 19.1. The minimum atomic E-state index is -1.62. The maximum absolute atomic E-state index is 15.8. The molecule has 9 N–H and O–H groups in total. The number of halogens is 6. The second kappa shape index (κ2) is 43.7. The summed E-state index contributed by atoms with van der Waals surface area (Å²) in [5.74, 6) is -2.39. The van der Waals surface area contributed by atoms with Gasteiger partial charge in [-0.05, 0) is 230 Å². The number of para-hydroxylation sites is 1. The van der Waals surface area contributed by atoms with Crippen molar-refractivity contribution in [1.82, 2.24) is 54.3 Å². The van der Waals surface area contributed by atoms with Crippen LogP contribution in [0.25, 0.3) is 77.1 Å². The first-order chi connectivity index (χ1) is 69.2. The van der Waals surface area contributed by atoms with Crippen molar-refractivity contribution in [3.8, 4) is 50.5 Å².